The van der Waals surface area contributed by atoms with E-state index >= 15 is 0 Å². The van der Waals surface area contributed by atoms with E-state index in [9.17, 15) is 0 Å². The minimum atomic E-state index is 0.482. The van der Waals surface area contributed by atoms with E-state index < -0.39 is 0 Å². The Hall–Kier alpha value is -1.85. The molecule has 0 aliphatic heterocycles. The molecule has 0 fully saturated rings. The standard InChI is InChI=1S/C16H22N2O3/c1-3-19-8-9-20-10-11-21-16-7-5-13-4-6-14(17-2)12-15(13)18-16/h4-7,12,17H,3,8-11H2,1-2H3. The van der Waals surface area contributed by atoms with Crippen LogP contribution in [0.1, 0.15) is 6.92 Å². The zero-order valence-electron chi connectivity index (χ0n) is 12.6. The van der Waals surface area contributed by atoms with Crippen molar-refractivity contribution < 1.29 is 14.2 Å². The Kier molecular flexibility index (Phi) is 6.24. The Morgan fingerprint density at radius 2 is 1.76 bits per heavy atom. The quantitative estimate of drug-likeness (QED) is 0.720. The third-order valence-electron chi connectivity index (χ3n) is 3.01. The van der Waals surface area contributed by atoms with Crippen molar-refractivity contribution in [1.82, 2.24) is 4.98 Å². The van der Waals surface area contributed by atoms with Crippen molar-refractivity contribution in [3.8, 4) is 5.88 Å². The number of nitrogens with one attached hydrogen (secondary N) is 1. The highest BCUT2D eigenvalue weighted by molar-refractivity contribution is 5.82. The molecule has 2 rings (SSSR count). The predicted octanol–water partition coefficient (Wildman–Crippen LogP) is 2.71. The molecule has 0 aliphatic rings. The lowest BCUT2D eigenvalue weighted by Gasteiger charge is -2.08. The summed E-state index contributed by atoms with van der Waals surface area (Å²) in [5.74, 6) is 0.615. The molecule has 2 aromatic rings. The molecule has 0 spiro atoms. The third kappa shape index (κ3) is 4.88. The van der Waals surface area contributed by atoms with E-state index in [2.05, 4.69) is 10.3 Å². The van der Waals surface area contributed by atoms with Gasteiger partial charge in [-0.05, 0) is 25.1 Å². The van der Waals surface area contributed by atoms with Gasteiger partial charge in [-0.25, -0.2) is 4.98 Å². The first-order valence-electron chi connectivity index (χ1n) is 7.20. The summed E-state index contributed by atoms with van der Waals surface area (Å²) in [6.45, 7) is 4.91. The summed E-state index contributed by atoms with van der Waals surface area (Å²) in [5, 5.41) is 4.19. The van der Waals surface area contributed by atoms with Gasteiger partial charge >= 0.3 is 0 Å². The molecule has 0 saturated carbocycles. The highest BCUT2D eigenvalue weighted by atomic mass is 16.5. The fraction of sp³-hybridized carbons (Fsp3) is 0.438. The van der Waals surface area contributed by atoms with E-state index in [0.717, 1.165) is 23.2 Å². The highest BCUT2D eigenvalue weighted by Crippen LogP contribution is 2.20. The van der Waals surface area contributed by atoms with Crippen molar-refractivity contribution >= 4 is 16.6 Å². The topological polar surface area (TPSA) is 52.6 Å². The molecule has 1 aromatic carbocycles. The first kappa shape index (κ1) is 15.5. The van der Waals surface area contributed by atoms with Crippen molar-refractivity contribution in [2.45, 2.75) is 6.92 Å². The SMILES string of the molecule is CCOCCOCCOc1ccc2ccc(NC)cc2n1. The summed E-state index contributed by atoms with van der Waals surface area (Å²) >= 11 is 0. The minimum Gasteiger partial charge on any atom is -0.475 e. The summed E-state index contributed by atoms with van der Waals surface area (Å²) in [6, 6.07) is 9.95. The van der Waals surface area contributed by atoms with Gasteiger partial charge in [-0.2, -0.15) is 0 Å². The van der Waals surface area contributed by atoms with Crippen LogP contribution >= 0.6 is 0 Å². The summed E-state index contributed by atoms with van der Waals surface area (Å²) in [7, 11) is 1.89. The second-order valence-electron chi connectivity index (χ2n) is 4.46. The van der Waals surface area contributed by atoms with Crippen LogP contribution in [0.3, 0.4) is 0 Å². The number of aromatic nitrogens is 1. The van der Waals surface area contributed by atoms with E-state index in [1.165, 1.54) is 0 Å². The second kappa shape index (κ2) is 8.44. The highest BCUT2D eigenvalue weighted by Gasteiger charge is 2.00. The number of hydrogen-bond donors (Lipinski definition) is 1. The molecule has 0 amide bonds. The third-order valence-corrected chi connectivity index (χ3v) is 3.01. The average Bonchev–Trinajstić information content (AvgIpc) is 2.53. The van der Waals surface area contributed by atoms with Crippen LogP contribution in [0, 0.1) is 0 Å². The molecule has 0 radical (unpaired) electrons. The van der Waals surface area contributed by atoms with Crippen molar-refractivity contribution in [3.63, 3.8) is 0 Å². The van der Waals surface area contributed by atoms with E-state index in [4.69, 9.17) is 14.2 Å². The minimum absolute atomic E-state index is 0.482. The number of pyridine rings is 1. The first-order chi connectivity index (χ1) is 10.3. The molecule has 5 nitrogen and oxygen atoms in total. The largest absolute Gasteiger partial charge is 0.475 e. The zero-order valence-corrected chi connectivity index (χ0v) is 12.6. The molecule has 0 saturated heterocycles. The van der Waals surface area contributed by atoms with Gasteiger partial charge in [0.15, 0.2) is 0 Å². The van der Waals surface area contributed by atoms with Crippen LogP contribution < -0.4 is 10.1 Å². The van der Waals surface area contributed by atoms with E-state index in [1.54, 1.807) is 0 Å². The number of nitrogens with zero attached hydrogens (tertiary/aromatic N) is 1. The van der Waals surface area contributed by atoms with Crippen LogP contribution in [-0.4, -0.2) is 45.1 Å². The monoisotopic (exact) mass is 290 g/mol. The Morgan fingerprint density at radius 3 is 2.57 bits per heavy atom. The van der Waals surface area contributed by atoms with Gasteiger partial charge in [-0.15, -0.1) is 0 Å². The lowest BCUT2D eigenvalue weighted by atomic mass is 10.2. The van der Waals surface area contributed by atoms with Crippen LogP contribution in [0.2, 0.25) is 0 Å². The molecule has 0 unspecified atom stereocenters. The number of benzene rings is 1. The van der Waals surface area contributed by atoms with Crippen molar-refractivity contribution in [2.24, 2.45) is 0 Å². The number of ether oxygens (including phenoxy) is 3. The fourth-order valence-electron chi connectivity index (χ4n) is 1.90. The smallest absolute Gasteiger partial charge is 0.213 e. The molecule has 1 heterocycles. The number of rotatable bonds is 9. The van der Waals surface area contributed by atoms with Crippen LogP contribution in [0.25, 0.3) is 10.9 Å². The van der Waals surface area contributed by atoms with Crippen LogP contribution in [0.4, 0.5) is 5.69 Å². The van der Waals surface area contributed by atoms with E-state index in [-0.39, 0.29) is 0 Å². The predicted molar refractivity (Wildman–Crippen MR) is 84.1 cm³/mol. The Bertz CT molecular complexity index is 560. The van der Waals surface area contributed by atoms with Gasteiger partial charge in [-0.3, -0.25) is 0 Å². The fourth-order valence-corrected chi connectivity index (χ4v) is 1.90. The summed E-state index contributed by atoms with van der Waals surface area (Å²) in [6.07, 6.45) is 0. The van der Waals surface area contributed by atoms with Crippen LogP contribution in [0.15, 0.2) is 30.3 Å². The Balaban J connectivity index is 1.82. The normalized spacial score (nSPS) is 10.8. The number of anilines is 1. The van der Waals surface area contributed by atoms with Crippen LogP contribution in [0.5, 0.6) is 5.88 Å². The summed E-state index contributed by atoms with van der Waals surface area (Å²) < 4.78 is 16.2. The molecule has 21 heavy (non-hydrogen) atoms. The van der Waals surface area contributed by atoms with Gasteiger partial charge in [0, 0.05) is 30.8 Å². The maximum atomic E-state index is 5.60. The van der Waals surface area contributed by atoms with Gasteiger partial charge in [0.05, 0.1) is 25.3 Å². The molecule has 0 atom stereocenters. The average molecular weight is 290 g/mol. The van der Waals surface area contributed by atoms with E-state index in [1.807, 2.05) is 44.3 Å². The van der Waals surface area contributed by atoms with Gasteiger partial charge in [0.2, 0.25) is 5.88 Å². The van der Waals surface area contributed by atoms with Gasteiger partial charge in [0.1, 0.15) is 6.61 Å². The molecule has 114 valence electrons. The number of fused-ring (bicyclic) bond motifs is 1. The Labute approximate surface area is 125 Å². The molecular weight excluding hydrogens is 268 g/mol. The summed E-state index contributed by atoms with van der Waals surface area (Å²) in [5.41, 5.74) is 1.95. The molecule has 1 N–H and O–H groups in total. The van der Waals surface area contributed by atoms with Gasteiger partial charge in [-0.1, -0.05) is 6.07 Å². The molecule has 5 heteroatoms. The zero-order chi connectivity index (χ0) is 14.9. The number of hydrogen-bond acceptors (Lipinski definition) is 5. The first-order valence-corrected chi connectivity index (χ1v) is 7.20. The lowest BCUT2D eigenvalue weighted by molar-refractivity contribution is 0.0399. The maximum absolute atomic E-state index is 5.60. The maximum Gasteiger partial charge on any atom is 0.213 e. The van der Waals surface area contributed by atoms with Gasteiger partial charge < -0.3 is 19.5 Å². The van der Waals surface area contributed by atoms with Crippen molar-refractivity contribution in [2.75, 3.05) is 45.4 Å². The molecule has 0 bridgehead atoms. The Morgan fingerprint density at radius 1 is 1.00 bits per heavy atom. The van der Waals surface area contributed by atoms with E-state index in [0.29, 0.717) is 32.3 Å². The summed E-state index contributed by atoms with van der Waals surface area (Å²) in [4.78, 5) is 4.49. The molecule has 1 aromatic heterocycles. The molecule has 0 aliphatic carbocycles. The second-order valence-corrected chi connectivity index (χ2v) is 4.46. The van der Waals surface area contributed by atoms with Crippen molar-refractivity contribution in [1.29, 1.82) is 0 Å². The lowest BCUT2D eigenvalue weighted by Crippen LogP contribution is -2.11. The molecular formula is C16H22N2O3. The van der Waals surface area contributed by atoms with Crippen LogP contribution in [-0.2, 0) is 9.47 Å². The van der Waals surface area contributed by atoms with Crippen molar-refractivity contribution in [3.05, 3.63) is 30.3 Å². The van der Waals surface area contributed by atoms with Gasteiger partial charge in [0.25, 0.3) is 0 Å².